The molecule has 3 nitrogen and oxygen atoms in total. The number of nitrogens with zero attached hydrogens (tertiary/aromatic N) is 1. The summed E-state index contributed by atoms with van der Waals surface area (Å²) in [4.78, 5) is 0. The molecule has 0 saturated heterocycles. The summed E-state index contributed by atoms with van der Waals surface area (Å²) in [5, 5.41) is 10.7. The minimum absolute atomic E-state index is 0.403. The molecule has 0 bridgehead atoms. The number of hydrogen-bond donors (Lipinski definition) is 2. The number of rotatable bonds is 0. The lowest BCUT2D eigenvalue weighted by Gasteiger charge is -1.75. The van der Waals surface area contributed by atoms with Gasteiger partial charge in [-0.1, -0.05) is 11.3 Å². The molecule has 0 amide bonds. The van der Waals surface area contributed by atoms with Crippen LogP contribution < -0.4 is 10.5 Å². The lowest BCUT2D eigenvalue weighted by atomic mass is 11.0. The summed E-state index contributed by atoms with van der Waals surface area (Å²) in [5.41, 5.74) is 5.17. The molecule has 0 atom stereocenters. The molecule has 0 fully saturated rings. The molecular weight excluding hydrogens is 112 g/mol. The van der Waals surface area contributed by atoms with E-state index in [9.17, 15) is 0 Å². The average Bonchev–Trinajstić information content (AvgIpc) is 1.91. The van der Waals surface area contributed by atoms with E-state index >= 15 is 0 Å². The van der Waals surface area contributed by atoms with Crippen LogP contribution in [0.25, 0.3) is 0 Å². The Balaban J connectivity index is 3.12. The first kappa shape index (κ1) is 4.39. The fraction of sp³-hybridized carbons (Fsp3) is 0. The highest BCUT2D eigenvalue weighted by Crippen LogP contribution is 1.99. The SMILES string of the molecule is Nc1scc[n+]1O. The number of nitrogen functional groups attached to an aromatic ring is 1. The molecule has 0 unspecified atom stereocenters. The molecule has 1 aromatic rings. The average molecular weight is 117 g/mol. The highest BCUT2D eigenvalue weighted by Gasteiger charge is 1.98. The normalized spacial score (nSPS) is 9.14. The van der Waals surface area contributed by atoms with Crippen molar-refractivity contribution in [3.8, 4) is 0 Å². The molecule has 3 N–H and O–H groups in total. The zero-order valence-corrected chi connectivity index (χ0v) is 4.35. The molecule has 4 heteroatoms. The summed E-state index contributed by atoms with van der Waals surface area (Å²) in [6.07, 6.45) is 1.49. The Bertz CT molecular complexity index is 145. The van der Waals surface area contributed by atoms with E-state index in [2.05, 4.69) is 0 Å². The van der Waals surface area contributed by atoms with Crippen molar-refractivity contribution in [2.24, 2.45) is 0 Å². The lowest BCUT2D eigenvalue weighted by Crippen LogP contribution is -2.29. The summed E-state index contributed by atoms with van der Waals surface area (Å²) >= 11 is 1.30. The Morgan fingerprint density at radius 2 is 2.57 bits per heavy atom. The van der Waals surface area contributed by atoms with Crippen molar-refractivity contribution < 1.29 is 9.94 Å². The molecular formula is C3H5N2OS+. The minimum atomic E-state index is 0.403. The van der Waals surface area contributed by atoms with Gasteiger partial charge in [-0.2, -0.15) is 0 Å². The summed E-state index contributed by atoms with van der Waals surface area (Å²) in [7, 11) is 0. The molecule has 0 aliphatic carbocycles. The summed E-state index contributed by atoms with van der Waals surface area (Å²) in [6, 6.07) is 0. The first-order chi connectivity index (χ1) is 3.30. The Kier molecular flexibility index (Phi) is 0.867. The predicted octanol–water partition coefficient (Wildman–Crippen LogP) is -0.145. The lowest BCUT2D eigenvalue weighted by molar-refractivity contribution is -0.890. The molecule has 1 aromatic heterocycles. The van der Waals surface area contributed by atoms with Crippen LogP contribution in [0, 0.1) is 0 Å². The molecule has 0 saturated carbocycles. The van der Waals surface area contributed by atoms with Gasteiger partial charge < -0.3 is 5.21 Å². The second-order valence-corrected chi connectivity index (χ2v) is 2.01. The number of nitrogens with two attached hydrogens (primary N) is 1. The largest absolute Gasteiger partial charge is 0.370 e. The van der Waals surface area contributed by atoms with Crippen molar-refractivity contribution in [2.75, 3.05) is 5.73 Å². The number of hydrogen-bond acceptors (Lipinski definition) is 3. The maximum atomic E-state index is 8.56. The Labute approximate surface area is 44.6 Å². The quantitative estimate of drug-likeness (QED) is 0.367. The van der Waals surface area contributed by atoms with Crippen molar-refractivity contribution >= 4 is 16.5 Å². The fourth-order valence-electron chi connectivity index (χ4n) is 0.285. The second-order valence-electron chi connectivity index (χ2n) is 1.09. The molecule has 1 heterocycles. The smallest absolute Gasteiger partial charge is 0.349 e. The Morgan fingerprint density at radius 1 is 1.86 bits per heavy atom. The fourth-order valence-corrected chi connectivity index (χ4v) is 0.770. The van der Waals surface area contributed by atoms with Gasteiger partial charge in [0.15, 0.2) is 0 Å². The maximum Gasteiger partial charge on any atom is 0.370 e. The molecule has 0 radical (unpaired) electrons. The standard InChI is InChI=1S/C3H4N2OS/c4-3-5(6)1-2-7-3/h1-2,4,6H/p+1. The van der Waals surface area contributed by atoms with Crippen LogP contribution in [-0.4, -0.2) is 5.21 Å². The first-order valence-corrected chi connectivity index (χ1v) is 2.62. The molecule has 0 aromatic carbocycles. The molecule has 0 spiro atoms. The Hall–Kier alpha value is -0.770. The van der Waals surface area contributed by atoms with E-state index in [0.717, 1.165) is 4.73 Å². The van der Waals surface area contributed by atoms with E-state index in [4.69, 9.17) is 10.9 Å². The van der Waals surface area contributed by atoms with Crippen LogP contribution >= 0.6 is 11.3 Å². The van der Waals surface area contributed by atoms with Crippen LogP contribution in [0.4, 0.5) is 5.13 Å². The van der Waals surface area contributed by atoms with Crippen LogP contribution in [-0.2, 0) is 0 Å². The maximum absolute atomic E-state index is 8.56. The monoisotopic (exact) mass is 117 g/mol. The van der Waals surface area contributed by atoms with E-state index in [1.807, 2.05) is 0 Å². The van der Waals surface area contributed by atoms with Crippen LogP contribution in [0.1, 0.15) is 0 Å². The second kappa shape index (κ2) is 1.38. The highest BCUT2D eigenvalue weighted by atomic mass is 32.1. The predicted molar refractivity (Wildman–Crippen MR) is 26.1 cm³/mol. The van der Waals surface area contributed by atoms with Gasteiger partial charge in [-0.3, -0.25) is 5.73 Å². The van der Waals surface area contributed by atoms with E-state index in [1.54, 1.807) is 5.38 Å². The van der Waals surface area contributed by atoms with Gasteiger partial charge in [-0.05, 0) is 4.73 Å². The van der Waals surface area contributed by atoms with Gasteiger partial charge in [0.25, 0.3) is 0 Å². The van der Waals surface area contributed by atoms with Crippen molar-refractivity contribution in [1.82, 2.24) is 0 Å². The van der Waals surface area contributed by atoms with Gasteiger partial charge in [0.2, 0.25) is 0 Å². The van der Waals surface area contributed by atoms with Crippen LogP contribution in [0.5, 0.6) is 0 Å². The van der Waals surface area contributed by atoms with Gasteiger partial charge in [-0.25, -0.2) is 0 Å². The summed E-state index contributed by atoms with van der Waals surface area (Å²) < 4.78 is 0.880. The van der Waals surface area contributed by atoms with E-state index < -0.39 is 0 Å². The molecule has 7 heavy (non-hydrogen) atoms. The first-order valence-electron chi connectivity index (χ1n) is 1.74. The van der Waals surface area contributed by atoms with Gasteiger partial charge in [0.05, 0.1) is 0 Å². The highest BCUT2D eigenvalue weighted by molar-refractivity contribution is 7.12. The topological polar surface area (TPSA) is 50.1 Å². The zero-order chi connectivity index (χ0) is 5.28. The third kappa shape index (κ3) is 0.640. The van der Waals surface area contributed by atoms with Crippen molar-refractivity contribution in [2.45, 2.75) is 0 Å². The minimum Gasteiger partial charge on any atom is -0.349 e. The van der Waals surface area contributed by atoms with E-state index in [-0.39, 0.29) is 0 Å². The molecule has 1 rings (SSSR count). The van der Waals surface area contributed by atoms with Gasteiger partial charge in [-0.15, -0.1) is 0 Å². The van der Waals surface area contributed by atoms with Gasteiger partial charge >= 0.3 is 5.13 Å². The van der Waals surface area contributed by atoms with Crippen molar-refractivity contribution in [1.29, 1.82) is 0 Å². The van der Waals surface area contributed by atoms with E-state index in [0.29, 0.717) is 5.13 Å². The van der Waals surface area contributed by atoms with Crippen LogP contribution in [0.3, 0.4) is 0 Å². The third-order valence-corrected chi connectivity index (χ3v) is 1.30. The van der Waals surface area contributed by atoms with E-state index in [1.165, 1.54) is 17.5 Å². The third-order valence-electron chi connectivity index (χ3n) is 0.617. The molecule has 0 aliphatic heterocycles. The number of thiazole rings is 1. The van der Waals surface area contributed by atoms with Gasteiger partial charge in [0.1, 0.15) is 6.20 Å². The van der Waals surface area contributed by atoms with Crippen LogP contribution in [0.2, 0.25) is 0 Å². The van der Waals surface area contributed by atoms with Crippen LogP contribution in [0.15, 0.2) is 11.6 Å². The van der Waals surface area contributed by atoms with Crippen molar-refractivity contribution in [3.05, 3.63) is 11.6 Å². The molecule has 0 aliphatic rings. The number of aromatic nitrogens is 1. The number of anilines is 1. The molecule has 38 valence electrons. The van der Waals surface area contributed by atoms with Gasteiger partial charge in [0, 0.05) is 5.38 Å². The summed E-state index contributed by atoms with van der Waals surface area (Å²) in [6.45, 7) is 0. The zero-order valence-electron chi connectivity index (χ0n) is 3.53. The summed E-state index contributed by atoms with van der Waals surface area (Å²) in [5.74, 6) is 0. The Morgan fingerprint density at radius 3 is 2.71 bits per heavy atom. The van der Waals surface area contributed by atoms with Crippen molar-refractivity contribution in [3.63, 3.8) is 0 Å².